The summed E-state index contributed by atoms with van der Waals surface area (Å²) in [6, 6.07) is 14.5. The highest BCUT2D eigenvalue weighted by Crippen LogP contribution is 2.22. The summed E-state index contributed by atoms with van der Waals surface area (Å²) >= 11 is 0. The topological polar surface area (TPSA) is 66.9 Å². The molecule has 2 aromatic rings. The minimum Gasteiger partial charge on any atom is -0.481 e. The molecule has 0 aliphatic carbocycles. The Kier molecular flexibility index (Phi) is 6.59. The molecule has 0 spiro atoms. The van der Waals surface area contributed by atoms with Crippen LogP contribution in [-0.4, -0.2) is 55.8 Å². The highest BCUT2D eigenvalue weighted by atomic mass is 32.2. The lowest BCUT2D eigenvalue weighted by molar-refractivity contribution is -0.139. The lowest BCUT2D eigenvalue weighted by atomic mass is 10.1. The largest absolute Gasteiger partial charge is 0.481 e. The molecular formula is C22H28N2O4S. The van der Waals surface area contributed by atoms with E-state index in [9.17, 15) is 13.2 Å². The average Bonchev–Trinajstić information content (AvgIpc) is 2.74. The second-order valence-electron chi connectivity index (χ2n) is 7.26. The summed E-state index contributed by atoms with van der Waals surface area (Å²) in [6.07, 6.45) is 0.204. The van der Waals surface area contributed by atoms with Crippen LogP contribution >= 0.6 is 0 Å². The molecule has 1 heterocycles. The number of piperazine rings is 1. The number of carbonyl (C=O) groups excluding carboxylic acids is 1. The standard InChI is InChI=1S/C22H28N2O4S/c1-4-19-7-5-6-8-21(19)28-18(3)22(25)23-13-15-24(16-14-23)29(26,27)20-11-9-17(2)10-12-20/h5-12,18H,4,13-16H2,1-3H3/t18-/m0/s1. The normalized spacial score (nSPS) is 16.4. The summed E-state index contributed by atoms with van der Waals surface area (Å²) in [5.41, 5.74) is 2.07. The van der Waals surface area contributed by atoms with Gasteiger partial charge >= 0.3 is 0 Å². The monoisotopic (exact) mass is 416 g/mol. The molecule has 3 rings (SSSR count). The van der Waals surface area contributed by atoms with Gasteiger partial charge in [-0.1, -0.05) is 42.8 Å². The van der Waals surface area contributed by atoms with E-state index in [0.29, 0.717) is 13.1 Å². The summed E-state index contributed by atoms with van der Waals surface area (Å²) in [4.78, 5) is 14.8. The third-order valence-electron chi connectivity index (χ3n) is 5.21. The number of aryl methyl sites for hydroxylation is 2. The number of para-hydroxylation sites is 1. The Bertz CT molecular complexity index is 949. The molecule has 6 nitrogen and oxygen atoms in total. The Hall–Kier alpha value is -2.38. The summed E-state index contributed by atoms with van der Waals surface area (Å²) < 4.78 is 33.0. The highest BCUT2D eigenvalue weighted by Gasteiger charge is 2.32. The number of benzene rings is 2. The van der Waals surface area contributed by atoms with Crippen molar-refractivity contribution in [1.82, 2.24) is 9.21 Å². The van der Waals surface area contributed by atoms with Crippen LogP contribution in [0.2, 0.25) is 0 Å². The fraction of sp³-hybridized carbons (Fsp3) is 0.409. The van der Waals surface area contributed by atoms with Crippen molar-refractivity contribution >= 4 is 15.9 Å². The van der Waals surface area contributed by atoms with E-state index in [4.69, 9.17) is 4.74 Å². The first kappa shape index (κ1) is 21.3. The lowest BCUT2D eigenvalue weighted by Gasteiger charge is -2.35. The molecule has 1 aliphatic rings. The number of nitrogens with zero attached hydrogens (tertiary/aromatic N) is 2. The van der Waals surface area contributed by atoms with Crippen molar-refractivity contribution in [3.63, 3.8) is 0 Å². The Balaban J connectivity index is 1.61. The van der Waals surface area contributed by atoms with Crippen molar-refractivity contribution < 1.29 is 17.9 Å². The minimum atomic E-state index is -3.54. The molecule has 1 saturated heterocycles. The average molecular weight is 417 g/mol. The molecule has 2 aromatic carbocycles. The number of rotatable bonds is 6. The molecule has 0 bridgehead atoms. The fourth-order valence-electron chi connectivity index (χ4n) is 3.42. The molecule has 156 valence electrons. The number of hydrogen-bond donors (Lipinski definition) is 0. The van der Waals surface area contributed by atoms with Crippen LogP contribution < -0.4 is 4.74 Å². The Labute approximate surface area is 173 Å². The maximum atomic E-state index is 12.8. The van der Waals surface area contributed by atoms with Gasteiger partial charge in [0, 0.05) is 26.2 Å². The number of hydrogen-bond acceptors (Lipinski definition) is 4. The van der Waals surface area contributed by atoms with Crippen LogP contribution in [0.15, 0.2) is 53.4 Å². The van der Waals surface area contributed by atoms with Crippen molar-refractivity contribution in [3.8, 4) is 5.75 Å². The van der Waals surface area contributed by atoms with Crippen molar-refractivity contribution in [3.05, 3.63) is 59.7 Å². The van der Waals surface area contributed by atoms with Crippen LogP contribution in [0.1, 0.15) is 25.0 Å². The fourth-order valence-corrected chi connectivity index (χ4v) is 4.84. The third kappa shape index (κ3) is 4.79. The number of ether oxygens (including phenoxy) is 1. The van der Waals surface area contributed by atoms with Gasteiger partial charge in [0.25, 0.3) is 5.91 Å². The van der Waals surface area contributed by atoms with E-state index >= 15 is 0 Å². The van der Waals surface area contributed by atoms with Crippen molar-refractivity contribution in [2.45, 2.75) is 38.2 Å². The maximum absolute atomic E-state index is 12.8. The molecule has 1 amide bonds. The number of carbonyl (C=O) groups is 1. The van der Waals surface area contributed by atoms with Gasteiger partial charge in [0.1, 0.15) is 5.75 Å². The molecular weight excluding hydrogens is 388 g/mol. The van der Waals surface area contributed by atoms with E-state index in [1.165, 1.54) is 4.31 Å². The molecule has 0 radical (unpaired) electrons. The van der Waals surface area contributed by atoms with Gasteiger partial charge in [-0.05, 0) is 44.0 Å². The molecule has 0 N–H and O–H groups in total. The number of amides is 1. The van der Waals surface area contributed by atoms with Gasteiger partial charge in [-0.15, -0.1) is 0 Å². The predicted octanol–water partition coefficient (Wildman–Crippen LogP) is 2.86. The second kappa shape index (κ2) is 8.97. The minimum absolute atomic E-state index is 0.122. The Morgan fingerprint density at radius 1 is 1.03 bits per heavy atom. The van der Waals surface area contributed by atoms with Gasteiger partial charge in [0.2, 0.25) is 10.0 Å². The maximum Gasteiger partial charge on any atom is 0.263 e. The van der Waals surface area contributed by atoms with Crippen molar-refractivity contribution in [2.75, 3.05) is 26.2 Å². The second-order valence-corrected chi connectivity index (χ2v) is 9.20. The smallest absolute Gasteiger partial charge is 0.263 e. The summed E-state index contributed by atoms with van der Waals surface area (Å²) in [5, 5.41) is 0. The van der Waals surface area contributed by atoms with E-state index in [-0.39, 0.29) is 23.9 Å². The van der Waals surface area contributed by atoms with Crippen LogP contribution in [0.3, 0.4) is 0 Å². The van der Waals surface area contributed by atoms with Gasteiger partial charge in [-0.25, -0.2) is 8.42 Å². The summed E-state index contributed by atoms with van der Waals surface area (Å²) in [5.74, 6) is 0.597. The van der Waals surface area contributed by atoms with Crippen LogP contribution in [-0.2, 0) is 21.2 Å². The quantitative estimate of drug-likeness (QED) is 0.726. The molecule has 7 heteroatoms. The van der Waals surface area contributed by atoms with Gasteiger partial charge < -0.3 is 9.64 Å². The van der Waals surface area contributed by atoms with Crippen LogP contribution in [0, 0.1) is 6.92 Å². The van der Waals surface area contributed by atoms with E-state index in [1.54, 1.807) is 36.1 Å². The van der Waals surface area contributed by atoms with Gasteiger partial charge in [0.05, 0.1) is 4.90 Å². The number of sulfonamides is 1. The van der Waals surface area contributed by atoms with Crippen molar-refractivity contribution in [1.29, 1.82) is 0 Å². The van der Waals surface area contributed by atoms with E-state index < -0.39 is 16.1 Å². The van der Waals surface area contributed by atoms with Crippen LogP contribution in [0.25, 0.3) is 0 Å². The molecule has 0 aromatic heterocycles. The lowest BCUT2D eigenvalue weighted by Crippen LogP contribution is -2.53. The first-order chi connectivity index (χ1) is 13.8. The van der Waals surface area contributed by atoms with Crippen LogP contribution in [0.5, 0.6) is 5.75 Å². The third-order valence-corrected chi connectivity index (χ3v) is 7.13. The van der Waals surface area contributed by atoms with E-state index in [1.807, 2.05) is 38.1 Å². The zero-order valence-electron chi connectivity index (χ0n) is 17.2. The molecule has 0 unspecified atom stereocenters. The molecule has 1 atom stereocenters. The van der Waals surface area contributed by atoms with E-state index in [0.717, 1.165) is 23.3 Å². The summed E-state index contributed by atoms with van der Waals surface area (Å²) in [7, 11) is -3.54. The predicted molar refractivity (Wildman–Crippen MR) is 112 cm³/mol. The summed E-state index contributed by atoms with van der Waals surface area (Å²) in [6.45, 7) is 6.97. The Morgan fingerprint density at radius 2 is 1.66 bits per heavy atom. The van der Waals surface area contributed by atoms with E-state index in [2.05, 4.69) is 0 Å². The van der Waals surface area contributed by atoms with Gasteiger partial charge in [0.15, 0.2) is 6.10 Å². The van der Waals surface area contributed by atoms with Crippen molar-refractivity contribution in [2.24, 2.45) is 0 Å². The molecule has 1 aliphatic heterocycles. The van der Waals surface area contributed by atoms with Gasteiger partial charge in [-0.2, -0.15) is 4.31 Å². The Morgan fingerprint density at radius 3 is 2.28 bits per heavy atom. The zero-order chi connectivity index (χ0) is 21.0. The SMILES string of the molecule is CCc1ccccc1O[C@@H](C)C(=O)N1CCN(S(=O)(=O)c2ccc(C)cc2)CC1. The first-order valence-corrected chi connectivity index (χ1v) is 11.4. The first-order valence-electron chi connectivity index (χ1n) is 9.93. The molecule has 1 fully saturated rings. The van der Waals surface area contributed by atoms with Crippen LogP contribution in [0.4, 0.5) is 0 Å². The molecule has 29 heavy (non-hydrogen) atoms. The highest BCUT2D eigenvalue weighted by molar-refractivity contribution is 7.89. The van der Waals surface area contributed by atoms with Gasteiger partial charge in [-0.3, -0.25) is 4.79 Å². The molecule has 0 saturated carbocycles. The zero-order valence-corrected chi connectivity index (χ0v) is 18.0.